The van der Waals surface area contributed by atoms with Gasteiger partial charge >= 0.3 is 0 Å². The van der Waals surface area contributed by atoms with Crippen LogP contribution in [0, 0.1) is 17.8 Å². The van der Waals surface area contributed by atoms with E-state index in [9.17, 15) is 0 Å². The second-order valence-electron chi connectivity index (χ2n) is 18.7. The summed E-state index contributed by atoms with van der Waals surface area (Å²) in [6, 6.07) is 68.1. The highest BCUT2D eigenvalue weighted by Gasteiger charge is 2.51. The van der Waals surface area contributed by atoms with Crippen molar-refractivity contribution in [1.82, 2.24) is 19.5 Å². The van der Waals surface area contributed by atoms with Crippen molar-refractivity contribution < 1.29 is 0 Å². The molecule has 4 aliphatic carbocycles. The molecule has 63 heavy (non-hydrogen) atoms. The molecular weight excluding hydrogens is 765 g/mol. The Balaban J connectivity index is 1.01. The molecule has 14 rings (SSSR count). The van der Waals surface area contributed by atoms with E-state index in [1.165, 1.54) is 60.4 Å². The van der Waals surface area contributed by atoms with Crippen molar-refractivity contribution in [2.24, 2.45) is 17.8 Å². The molecule has 4 heteroatoms. The highest BCUT2D eigenvalue weighted by atomic mass is 15.0. The number of hydrogen-bond donors (Lipinski definition) is 0. The van der Waals surface area contributed by atoms with Crippen LogP contribution in [0.25, 0.3) is 94.7 Å². The Morgan fingerprint density at radius 2 is 0.952 bits per heavy atom. The van der Waals surface area contributed by atoms with Gasteiger partial charge in [0.15, 0.2) is 17.5 Å². The largest absolute Gasteiger partial charge is 0.309 e. The number of fused-ring (bicyclic) bond motifs is 4. The Kier molecular flexibility index (Phi) is 8.37. The van der Waals surface area contributed by atoms with E-state index in [0.29, 0.717) is 22.9 Å². The van der Waals surface area contributed by atoms with E-state index in [-0.39, 0.29) is 0 Å². The molecule has 0 N–H and O–H groups in total. The quantitative estimate of drug-likeness (QED) is 0.161. The van der Waals surface area contributed by atoms with Gasteiger partial charge in [0.2, 0.25) is 0 Å². The monoisotopic (exact) mass is 810 g/mol. The maximum absolute atomic E-state index is 5.41. The molecule has 10 aromatic rings. The Labute approximate surface area is 368 Å². The van der Waals surface area contributed by atoms with Gasteiger partial charge < -0.3 is 4.57 Å². The van der Waals surface area contributed by atoms with Crippen LogP contribution < -0.4 is 0 Å². The first-order chi connectivity index (χ1) is 31.1. The van der Waals surface area contributed by atoms with Gasteiger partial charge in [-0.1, -0.05) is 158 Å². The van der Waals surface area contributed by atoms with Gasteiger partial charge in [-0.05, 0) is 131 Å². The van der Waals surface area contributed by atoms with Crippen molar-refractivity contribution in [3.63, 3.8) is 0 Å². The van der Waals surface area contributed by atoms with E-state index >= 15 is 0 Å². The lowest BCUT2D eigenvalue weighted by Crippen LogP contribution is -2.48. The molecule has 4 nitrogen and oxygen atoms in total. The molecule has 4 fully saturated rings. The molecule has 4 bridgehead atoms. The Bertz CT molecular complexity index is 3310. The van der Waals surface area contributed by atoms with Gasteiger partial charge in [0.05, 0.1) is 11.0 Å². The number of benzene rings is 8. The summed E-state index contributed by atoms with van der Waals surface area (Å²) in [5, 5.41) is 4.76. The zero-order valence-electron chi connectivity index (χ0n) is 35.2. The van der Waals surface area contributed by atoms with Crippen LogP contribution in [0.2, 0.25) is 0 Å². The second-order valence-corrected chi connectivity index (χ2v) is 18.7. The summed E-state index contributed by atoms with van der Waals surface area (Å²) in [4.78, 5) is 16.0. The zero-order valence-corrected chi connectivity index (χ0v) is 35.2. The Hall–Kier alpha value is -7.17. The fourth-order valence-corrected chi connectivity index (χ4v) is 12.4. The van der Waals surface area contributed by atoms with Crippen LogP contribution in [0.1, 0.15) is 44.1 Å². The van der Waals surface area contributed by atoms with Gasteiger partial charge in [-0.15, -0.1) is 0 Å². The summed E-state index contributed by atoms with van der Waals surface area (Å²) in [7, 11) is 0. The number of rotatable bonds is 7. The van der Waals surface area contributed by atoms with Crippen LogP contribution in [-0.4, -0.2) is 19.5 Å². The van der Waals surface area contributed by atoms with Gasteiger partial charge in [-0.25, -0.2) is 15.0 Å². The second kappa shape index (κ2) is 14.5. The van der Waals surface area contributed by atoms with Gasteiger partial charge in [0, 0.05) is 33.2 Å². The van der Waals surface area contributed by atoms with E-state index in [1.807, 2.05) is 6.07 Å². The van der Waals surface area contributed by atoms with Gasteiger partial charge in [0.1, 0.15) is 0 Å². The molecule has 2 aromatic heterocycles. The molecular formula is C59H46N4. The summed E-state index contributed by atoms with van der Waals surface area (Å²) in [6.07, 6.45) is 8.46. The fourth-order valence-electron chi connectivity index (χ4n) is 12.4. The van der Waals surface area contributed by atoms with Crippen LogP contribution in [-0.2, 0) is 5.41 Å². The predicted octanol–water partition coefficient (Wildman–Crippen LogP) is 14.9. The average Bonchev–Trinajstić information content (AvgIpc) is 3.68. The zero-order chi connectivity index (χ0) is 41.5. The third-order valence-corrected chi connectivity index (χ3v) is 14.8. The summed E-state index contributed by atoms with van der Waals surface area (Å²) in [6.45, 7) is 0. The summed E-state index contributed by atoms with van der Waals surface area (Å²) < 4.78 is 2.41. The van der Waals surface area contributed by atoms with E-state index in [1.54, 1.807) is 5.56 Å². The molecule has 2 heterocycles. The first-order valence-corrected chi connectivity index (χ1v) is 22.8. The van der Waals surface area contributed by atoms with Crippen LogP contribution >= 0.6 is 0 Å². The van der Waals surface area contributed by atoms with Crippen molar-refractivity contribution in [1.29, 1.82) is 0 Å². The van der Waals surface area contributed by atoms with Crippen molar-refractivity contribution >= 4 is 32.6 Å². The first kappa shape index (κ1) is 36.5. The van der Waals surface area contributed by atoms with E-state index in [4.69, 9.17) is 15.0 Å². The van der Waals surface area contributed by atoms with E-state index in [2.05, 4.69) is 187 Å². The summed E-state index contributed by atoms with van der Waals surface area (Å²) in [5.74, 6) is 4.69. The number of nitrogens with zero attached hydrogens (tertiary/aromatic N) is 4. The molecule has 0 unspecified atom stereocenters. The number of para-hydroxylation sites is 2. The maximum Gasteiger partial charge on any atom is 0.164 e. The van der Waals surface area contributed by atoms with Gasteiger partial charge in [0.25, 0.3) is 0 Å². The minimum absolute atomic E-state index is 0.352. The molecule has 4 aliphatic rings. The Morgan fingerprint density at radius 3 is 1.67 bits per heavy atom. The first-order valence-electron chi connectivity index (χ1n) is 22.8. The highest BCUT2D eigenvalue weighted by Crippen LogP contribution is 2.61. The summed E-state index contributed by atoms with van der Waals surface area (Å²) >= 11 is 0. The predicted molar refractivity (Wildman–Crippen MR) is 259 cm³/mol. The fraction of sp³-hybridized carbons (Fsp3) is 0.169. The maximum atomic E-state index is 5.41. The normalized spacial score (nSPS) is 20.2. The molecule has 8 aromatic carbocycles. The lowest BCUT2D eigenvalue weighted by Gasteiger charge is -2.57. The average molecular weight is 811 g/mol. The molecule has 4 saturated carbocycles. The molecule has 0 atom stereocenters. The van der Waals surface area contributed by atoms with E-state index < -0.39 is 0 Å². The van der Waals surface area contributed by atoms with Gasteiger partial charge in [-0.3, -0.25) is 0 Å². The number of hydrogen-bond acceptors (Lipinski definition) is 3. The minimum Gasteiger partial charge on any atom is -0.309 e. The SMILES string of the molecule is c1ccc(-c2nc(-c3ccc(-c4cccc5ccccc45)cc3)nc(-c3cc(-c4ccc(C56CC7CC(CC(C7)C5)C6)cc4)cc4c3c3ccccc3n4-c3ccccc3)n2)cc1. The molecule has 0 amide bonds. The lowest BCUT2D eigenvalue weighted by atomic mass is 9.48. The Morgan fingerprint density at radius 1 is 0.397 bits per heavy atom. The van der Waals surface area contributed by atoms with Crippen LogP contribution in [0.3, 0.4) is 0 Å². The topological polar surface area (TPSA) is 43.6 Å². The van der Waals surface area contributed by atoms with Gasteiger partial charge in [-0.2, -0.15) is 0 Å². The smallest absolute Gasteiger partial charge is 0.164 e. The number of aromatic nitrogens is 4. The molecule has 0 spiro atoms. The standard InChI is InChI=1S/C59H46N4/c1-3-13-44(14-4-1)56-60-57(45-24-22-43(23-25-45)50-20-11-15-42-12-7-8-18-49(42)50)62-58(61-56)52-33-46(34-54-55(52)51-19-9-10-21-53(51)63(54)48-16-5-2-6-17-48)41-26-28-47(29-27-41)59-35-38-30-39(36-59)32-40(31-38)37-59/h1-29,33-34,38-40H,30-32,35-37H2. The molecule has 302 valence electrons. The minimum atomic E-state index is 0.352. The highest BCUT2D eigenvalue weighted by molar-refractivity contribution is 6.16. The third-order valence-electron chi connectivity index (χ3n) is 14.8. The molecule has 0 saturated heterocycles. The van der Waals surface area contributed by atoms with Crippen molar-refractivity contribution in [2.45, 2.75) is 43.9 Å². The van der Waals surface area contributed by atoms with Crippen LogP contribution in [0.5, 0.6) is 0 Å². The summed E-state index contributed by atoms with van der Waals surface area (Å²) in [5.41, 5.74) is 12.9. The third kappa shape index (κ3) is 6.14. The van der Waals surface area contributed by atoms with Crippen LogP contribution in [0.4, 0.5) is 0 Å². The van der Waals surface area contributed by atoms with Crippen molar-refractivity contribution in [2.75, 3.05) is 0 Å². The van der Waals surface area contributed by atoms with Crippen molar-refractivity contribution in [3.05, 3.63) is 194 Å². The van der Waals surface area contributed by atoms with Crippen LogP contribution in [0.15, 0.2) is 188 Å². The van der Waals surface area contributed by atoms with Crippen molar-refractivity contribution in [3.8, 4) is 62.1 Å². The van der Waals surface area contributed by atoms with E-state index in [0.717, 1.165) is 73.1 Å². The molecule has 0 aliphatic heterocycles. The lowest BCUT2D eigenvalue weighted by molar-refractivity contribution is -0.00518. The molecule has 0 radical (unpaired) electrons.